The molecule has 29 heavy (non-hydrogen) atoms. The molecule has 2 fully saturated rings. The van der Waals surface area contributed by atoms with Gasteiger partial charge in [0.05, 0.1) is 12.8 Å². The van der Waals surface area contributed by atoms with E-state index in [2.05, 4.69) is 27.1 Å². The van der Waals surface area contributed by atoms with Crippen molar-refractivity contribution in [3.05, 3.63) is 23.9 Å². The van der Waals surface area contributed by atoms with Crippen LogP contribution in [0.4, 0.5) is 11.4 Å². The molecule has 0 radical (unpaired) electrons. The van der Waals surface area contributed by atoms with Crippen molar-refractivity contribution in [2.45, 2.75) is 25.8 Å². The van der Waals surface area contributed by atoms with Crippen molar-refractivity contribution >= 4 is 23.2 Å². The number of piperidine rings is 1. The summed E-state index contributed by atoms with van der Waals surface area (Å²) < 4.78 is 5.50. The van der Waals surface area contributed by atoms with Gasteiger partial charge in [0.1, 0.15) is 5.75 Å². The highest BCUT2D eigenvalue weighted by Gasteiger charge is 2.28. The maximum atomic E-state index is 7.90. The lowest BCUT2D eigenvalue weighted by Crippen LogP contribution is -2.52. The number of anilines is 2. The van der Waals surface area contributed by atoms with Crippen molar-refractivity contribution in [2.24, 2.45) is 0 Å². The minimum atomic E-state index is 0.600. The fourth-order valence-corrected chi connectivity index (χ4v) is 4.32. The molecule has 7 heteroatoms. The van der Waals surface area contributed by atoms with Crippen molar-refractivity contribution in [1.82, 2.24) is 15.1 Å². The molecule has 4 N–H and O–H groups in total. The standard InChI is InChI=1S/C22H36N6O/c1-4-25-16-17(15-23)19-13-20(24)22(29-3)14-21(19)28-7-5-18(6-8-28)27-11-9-26(2)10-12-27/h13-16,18,23,25H,4-12,24H2,1-3H3/b17-16+,23-15?. The predicted octanol–water partition coefficient (Wildman–Crippen LogP) is 2.09. The third-order valence-corrected chi connectivity index (χ3v) is 6.14. The van der Waals surface area contributed by atoms with E-state index in [1.807, 2.05) is 25.3 Å². The van der Waals surface area contributed by atoms with E-state index < -0.39 is 0 Å². The van der Waals surface area contributed by atoms with Crippen molar-refractivity contribution < 1.29 is 4.74 Å². The van der Waals surface area contributed by atoms with E-state index in [4.69, 9.17) is 15.9 Å². The molecule has 0 saturated carbocycles. The molecule has 0 aliphatic carbocycles. The highest BCUT2D eigenvalue weighted by Crippen LogP contribution is 2.36. The summed E-state index contributed by atoms with van der Waals surface area (Å²) in [5.41, 5.74) is 9.72. The number of rotatable bonds is 7. The Hall–Kier alpha value is -2.25. The minimum absolute atomic E-state index is 0.600. The average Bonchev–Trinajstić information content (AvgIpc) is 2.75. The molecular formula is C22H36N6O. The Balaban J connectivity index is 1.79. The maximum absolute atomic E-state index is 7.90. The first kappa shape index (κ1) is 21.5. The van der Waals surface area contributed by atoms with Gasteiger partial charge in [0, 0.05) is 87.2 Å². The van der Waals surface area contributed by atoms with Crippen LogP contribution in [-0.4, -0.2) is 82.0 Å². The second-order valence-electron chi connectivity index (χ2n) is 7.97. The van der Waals surface area contributed by atoms with Crippen LogP contribution in [-0.2, 0) is 0 Å². The molecule has 2 aliphatic heterocycles. The number of nitrogen functional groups attached to an aromatic ring is 1. The number of hydrogen-bond acceptors (Lipinski definition) is 7. The maximum Gasteiger partial charge on any atom is 0.143 e. The lowest BCUT2D eigenvalue weighted by molar-refractivity contribution is 0.0982. The van der Waals surface area contributed by atoms with Gasteiger partial charge in [0.25, 0.3) is 0 Å². The van der Waals surface area contributed by atoms with Gasteiger partial charge in [0.15, 0.2) is 0 Å². The van der Waals surface area contributed by atoms with Crippen molar-refractivity contribution in [2.75, 3.05) is 70.6 Å². The van der Waals surface area contributed by atoms with E-state index in [-0.39, 0.29) is 0 Å². The van der Waals surface area contributed by atoms with E-state index in [9.17, 15) is 0 Å². The Labute approximate surface area is 175 Å². The molecule has 2 saturated heterocycles. The summed E-state index contributed by atoms with van der Waals surface area (Å²) in [6, 6.07) is 4.64. The minimum Gasteiger partial charge on any atom is -0.495 e. The summed E-state index contributed by atoms with van der Waals surface area (Å²) in [5.74, 6) is 0.692. The molecule has 0 amide bonds. The molecule has 3 rings (SSSR count). The Morgan fingerprint density at radius 2 is 1.90 bits per heavy atom. The molecule has 160 valence electrons. The van der Waals surface area contributed by atoms with Crippen LogP contribution in [0.15, 0.2) is 18.3 Å². The van der Waals surface area contributed by atoms with E-state index in [0.29, 0.717) is 17.5 Å². The van der Waals surface area contributed by atoms with E-state index in [1.54, 1.807) is 7.11 Å². The normalized spacial score (nSPS) is 20.0. The molecule has 1 aromatic rings. The topological polar surface area (TPSA) is 80.8 Å². The number of ether oxygens (including phenoxy) is 1. The summed E-state index contributed by atoms with van der Waals surface area (Å²) in [5, 5.41) is 11.1. The fraction of sp³-hybridized carbons (Fsp3) is 0.591. The van der Waals surface area contributed by atoms with Gasteiger partial charge in [0.2, 0.25) is 0 Å². The molecule has 2 heterocycles. The van der Waals surface area contributed by atoms with Gasteiger partial charge >= 0.3 is 0 Å². The van der Waals surface area contributed by atoms with Crippen LogP contribution in [0.2, 0.25) is 0 Å². The van der Waals surface area contributed by atoms with Crippen molar-refractivity contribution in [3.8, 4) is 5.75 Å². The van der Waals surface area contributed by atoms with Crippen LogP contribution in [0.25, 0.3) is 5.57 Å². The zero-order valence-electron chi connectivity index (χ0n) is 18.1. The number of nitrogens with zero attached hydrogens (tertiary/aromatic N) is 3. The molecular weight excluding hydrogens is 364 g/mol. The number of hydrogen-bond donors (Lipinski definition) is 3. The molecule has 1 aromatic carbocycles. The van der Waals surface area contributed by atoms with Crippen LogP contribution in [0.5, 0.6) is 5.75 Å². The molecule has 0 atom stereocenters. The van der Waals surface area contributed by atoms with E-state index in [1.165, 1.54) is 19.3 Å². The van der Waals surface area contributed by atoms with Crippen LogP contribution in [0, 0.1) is 5.41 Å². The Morgan fingerprint density at radius 3 is 2.48 bits per heavy atom. The number of piperazine rings is 1. The third-order valence-electron chi connectivity index (χ3n) is 6.14. The zero-order valence-corrected chi connectivity index (χ0v) is 18.1. The monoisotopic (exact) mass is 400 g/mol. The average molecular weight is 401 g/mol. The van der Waals surface area contributed by atoms with Gasteiger partial charge < -0.3 is 31.0 Å². The quantitative estimate of drug-likeness (QED) is 0.480. The van der Waals surface area contributed by atoms with Gasteiger partial charge in [-0.1, -0.05) is 0 Å². The summed E-state index contributed by atoms with van der Waals surface area (Å²) in [6.07, 6.45) is 5.61. The first-order valence-electron chi connectivity index (χ1n) is 10.7. The number of likely N-dealkylation sites (N-methyl/N-ethyl adjacent to an activating group) is 1. The molecule has 0 spiro atoms. The summed E-state index contributed by atoms with van der Waals surface area (Å²) >= 11 is 0. The van der Waals surface area contributed by atoms with Crippen LogP contribution < -0.4 is 20.7 Å². The molecule has 0 bridgehead atoms. The first-order valence-corrected chi connectivity index (χ1v) is 10.7. The number of nitrogens with two attached hydrogens (primary N) is 1. The van der Waals surface area contributed by atoms with Gasteiger partial charge in [-0.25, -0.2) is 0 Å². The lowest BCUT2D eigenvalue weighted by Gasteiger charge is -2.43. The lowest BCUT2D eigenvalue weighted by atomic mass is 9.98. The van der Waals surface area contributed by atoms with Crippen molar-refractivity contribution in [3.63, 3.8) is 0 Å². The summed E-state index contributed by atoms with van der Waals surface area (Å²) in [4.78, 5) is 7.50. The van der Waals surface area contributed by atoms with Crippen LogP contribution >= 0.6 is 0 Å². The highest BCUT2D eigenvalue weighted by molar-refractivity contribution is 6.11. The van der Waals surface area contributed by atoms with Gasteiger partial charge in [-0.05, 0) is 32.9 Å². The third kappa shape index (κ3) is 5.03. The Kier molecular flexibility index (Phi) is 7.39. The van der Waals surface area contributed by atoms with Crippen LogP contribution in [0.3, 0.4) is 0 Å². The number of benzene rings is 1. The van der Waals surface area contributed by atoms with E-state index >= 15 is 0 Å². The number of methoxy groups -OCH3 is 1. The van der Waals surface area contributed by atoms with Crippen LogP contribution in [0.1, 0.15) is 25.3 Å². The summed E-state index contributed by atoms with van der Waals surface area (Å²) in [6.45, 7) is 9.54. The molecule has 2 aliphatic rings. The summed E-state index contributed by atoms with van der Waals surface area (Å²) in [7, 11) is 3.86. The van der Waals surface area contributed by atoms with Gasteiger partial charge in [-0.2, -0.15) is 0 Å². The highest BCUT2D eigenvalue weighted by atomic mass is 16.5. The largest absolute Gasteiger partial charge is 0.495 e. The Bertz CT molecular complexity index is 718. The van der Waals surface area contributed by atoms with Crippen molar-refractivity contribution in [1.29, 1.82) is 5.41 Å². The fourth-order valence-electron chi connectivity index (χ4n) is 4.32. The second kappa shape index (κ2) is 9.98. The second-order valence-corrected chi connectivity index (χ2v) is 7.97. The number of allylic oxidation sites excluding steroid dienone is 1. The molecule has 7 nitrogen and oxygen atoms in total. The molecule has 0 unspecified atom stereocenters. The van der Waals surface area contributed by atoms with Gasteiger partial charge in [-0.3, -0.25) is 4.90 Å². The first-order chi connectivity index (χ1) is 14.1. The zero-order chi connectivity index (χ0) is 20.8. The predicted molar refractivity (Wildman–Crippen MR) is 122 cm³/mol. The SMILES string of the molecule is CCN/C=C(\C=N)c1cc(N)c(OC)cc1N1CCC(N2CCN(C)CC2)CC1. The Morgan fingerprint density at radius 1 is 1.21 bits per heavy atom. The molecule has 0 aromatic heterocycles. The smallest absolute Gasteiger partial charge is 0.143 e. The van der Waals surface area contributed by atoms with Gasteiger partial charge in [-0.15, -0.1) is 0 Å². The van der Waals surface area contributed by atoms with E-state index in [0.717, 1.165) is 62.4 Å². The number of nitrogens with one attached hydrogen (secondary N) is 2.